The van der Waals surface area contributed by atoms with E-state index >= 15 is 0 Å². The lowest BCUT2D eigenvalue weighted by Crippen LogP contribution is -2.30. The predicted octanol–water partition coefficient (Wildman–Crippen LogP) is 1.85. The molecule has 0 saturated carbocycles. The molecule has 0 fully saturated rings. The van der Waals surface area contributed by atoms with Crippen molar-refractivity contribution in [2.24, 2.45) is 0 Å². The summed E-state index contributed by atoms with van der Waals surface area (Å²) in [6.07, 6.45) is 0.683. The van der Waals surface area contributed by atoms with Gasteiger partial charge in [0.25, 0.3) is 0 Å². The molecule has 1 heterocycles. The number of hydrogen-bond acceptors (Lipinski definition) is 1. The zero-order valence-electron chi connectivity index (χ0n) is 7.88. The summed E-state index contributed by atoms with van der Waals surface area (Å²) >= 11 is 0. The van der Waals surface area contributed by atoms with Crippen LogP contribution in [0.2, 0.25) is 0 Å². The van der Waals surface area contributed by atoms with E-state index in [1.54, 1.807) is 18.0 Å². The minimum absolute atomic E-state index is 0.256. The van der Waals surface area contributed by atoms with Crippen LogP contribution in [-0.4, -0.2) is 24.5 Å². The van der Waals surface area contributed by atoms with Crippen molar-refractivity contribution < 1.29 is 9.18 Å². The van der Waals surface area contributed by atoms with Crippen LogP contribution in [0.15, 0.2) is 18.2 Å². The van der Waals surface area contributed by atoms with Gasteiger partial charge in [-0.25, -0.2) is 9.18 Å². The standard InChI is InChI=1S/C10H11FN2O/c1-13-6-5-7-3-2-4-8(11)9(7)12-10(13)14/h2-4H,5-6H2,1H3,(H,12,14). The number of hydrogen-bond donors (Lipinski definition) is 1. The molecule has 4 heteroatoms. The molecule has 74 valence electrons. The normalized spacial score (nSPS) is 15.9. The molecule has 0 unspecified atom stereocenters. The lowest BCUT2D eigenvalue weighted by molar-refractivity contribution is 0.224. The molecule has 1 aliphatic heterocycles. The maximum atomic E-state index is 13.3. The van der Waals surface area contributed by atoms with Gasteiger partial charge in [-0.1, -0.05) is 12.1 Å². The summed E-state index contributed by atoms with van der Waals surface area (Å²) in [6.45, 7) is 0.613. The van der Waals surface area contributed by atoms with Gasteiger partial charge in [-0.2, -0.15) is 0 Å². The Bertz CT molecular complexity index is 378. The minimum atomic E-state index is -0.369. The van der Waals surface area contributed by atoms with Gasteiger partial charge in [0, 0.05) is 13.6 Å². The highest BCUT2D eigenvalue weighted by Gasteiger charge is 2.18. The molecule has 2 rings (SSSR count). The molecule has 0 saturated heterocycles. The van der Waals surface area contributed by atoms with Gasteiger partial charge in [-0.05, 0) is 18.1 Å². The van der Waals surface area contributed by atoms with Crippen LogP contribution in [0, 0.1) is 5.82 Å². The average Bonchev–Trinajstić information content (AvgIpc) is 2.30. The molecule has 3 nitrogen and oxygen atoms in total. The van der Waals surface area contributed by atoms with Crippen molar-refractivity contribution in [1.82, 2.24) is 4.90 Å². The third-order valence-electron chi connectivity index (χ3n) is 2.40. The van der Waals surface area contributed by atoms with Crippen LogP contribution in [0.5, 0.6) is 0 Å². The van der Waals surface area contributed by atoms with Gasteiger partial charge in [0.2, 0.25) is 0 Å². The molecular weight excluding hydrogens is 183 g/mol. The molecular formula is C10H11FN2O. The zero-order chi connectivity index (χ0) is 10.1. The Morgan fingerprint density at radius 2 is 2.29 bits per heavy atom. The summed E-state index contributed by atoms with van der Waals surface area (Å²) < 4.78 is 13.3. The summed E-state index contributed by atoms with van der Waals surface area (Å²) in [5.74, 6) is -0.369. The predicted molar refractivity (Wildman–Crippen MR) is 51.8 cm³/mol. The quantitative estimate of drug-likeness (QED) is 0.671. The Morgan fingerprint density at radius 1 is 1.50 bits per heavy atom. The van der Waals surface area contributed by atoms with Crippen LogP contribution < -0.4 is 5.32 Å². The molecule has 14 heavy (non-hydrogen) atoms. The number of nitrogens with zero attached hydrogens (tertiary/aromatic N) is 1. The number of amides is 2. The number of carbonyl (C=O) groups excluding carboxylic acids is 1. The number of benzene rings is 1. The molecule has 1 aromatic carbocycles. The fourth-order valence-corrected chi connectivity index (χ4v) is 1.51. The first-order valence-corrected chi connectivity index (χ1v) is 4.48. The maximum Gasteiger partial charge on any atom is 0.321 e. The fourth-order valence-electron chi connectivity index (χ4n) is 1.51. The van der Waals surface area contributed by atoms with Crippen LogP contribution in [0.1, 0.15) is 5.56 Å². The largest absolute Gasteiger partial charge is 0.327 e. The number of rotatable bonds is 0. The number of fused-ring (bicyclic) bond motifs is 1. The smallest absolute Gasteiger partial charge is 0.321 e. The second-order valence-electron chi connectivity index (χ2n) is 3.38. The Labute approximate surface area is 81.5 Å². The van der Waals surface area contributed by atoms with Crippen molar-refractivity contribution in [2.45, 2.75) is 6.42 Å². The first-order valence-electron chi connectivity index (χ1n) is 4.48. The van der Waals surface area contributed by atoms with E-state index in [2.05, 4.69) is 5.32 Å². The van der Waals surface area contributed by atoms with Crippen LogP contribution in [0.25, 0.3) is 0 Å². The molecule has 0 radical (unpaired) electrons. The summed E-state index contributed by atoms with van der Waals surface area (Å²) in [5, 5.41) is 2.55. The topological polar surface area (TPSA) is 32.3 Å². The number of carbonyl (C=O) groups is 1. The third kappa shape index (κ3) is 1.43. The van der Waals surface area contributed by atoms with Crippen LogP contribution in [0.4, 0.5) is 14.9 Å². The molecule has 0 bridgehead atoms. The van der Waals surface area contributed by atoms with E-state index in [0.29, 0.717) is 18.7 Å². The molecule has 0 aliphatic carbocycles. The van der Waals surface area contributed by atoms with Crippen molar-refractivity contribution in [3.8, 4) is 0 Å². The first-order chi connectivity index (χ1) is 6.68. The molecule has 1 N–H and O–H groups in total. The average molecular weight is 194 g/mol. The van der Waals surface area contributed by atoms with Crippen molar-refractivity contribution in [3.63, 3.8) is 0 Å². The molecule has 1 aliphatic rings. The molecule has 0 spiro atoms. The van der Waals surface area contributed by atoms with Gasteiger partial charge in [-0.15, -0.1) is 0 Å². The highest BCUT2D eigenvalue weighted by atomic mass is 19.1. The maximum absolute atomic E-state index is 13.3. The highest BCUT2D eigenvalue weighted by Crippen LogP contribution is 2.22. The number of halogens is 1. The van der Waals surface area contributed by atoms with E-state index in [1.807, 2.05) is 6.07 Å². The first kappa shape index (κ1) is 8.99. The fraction of sp³-hybridized carbons (Fsp3) is 0.300. The van der Waals surface area contributed by atoms with Gasteiger partial charge < -0.3 is 10.2 Å². The second kappa shape index (κ2) is 3.29. The van der Waals surface area contributed by atoms with E-state index in [4.69, 9.17) is 0 Å². The van der Waals surface area contributed by atoms with E-state index in [-0.39, 0.29) is 11.8 Å². The van der Waals surface area contributed by atoms with Crippen molar-refractivity contribution in [1.29, 1.82) is 0 Å². The minimum Gasteiger partial charge on any atom is -0.327 e. The van der Waals surface area contributed by atoms with Crippen LogP contribution in [-0.2, 0) is 6.42 Å². The van der Waals surface area contributed by atoms with Gasteiger partial charge in [0.1, 0.15) is 5.82 Å². The van der Waals surface area contributed by atoms with Crippen LogP contribution >= 0.6 is 0 Å². The SMILES string of the molecule is CN1CCc2cccc(F)c2NC1=O. The van der Waals surface area contributed by atoms with E-state index in [1.165, 1.54) is 6.07 Å². The van der Waals surface area contributed by atoms with Crippen LogP contribution in [0.3, 0.4) is 0 Å². The Hall–Kier alpha value is -1.58. The molecule has 1 aromatic rings. The van der Waals surface area contributed by atoms with Crippen molar-refractivity contribution in [3.05, 3.63) is 29.6 Å². The second-order valence-corrected chi connectivity index (χ2v) is 3.38. The lowest BCUT2D eigenvalue weighted by atomic mass is 10.1. The number of para-hydroxylation sites is 1. The van der Waals surface area contributed by atoms with Crippen molar-refractivity contribution >= 4 is 11.7 Å². The summed E-state index contributed by atoms with van der Waals surface area (Å²) in [5.41, 5.74) is 1.17. The summed E-state index contributed by atoms with van der Waals surface area (Å²) in [7, 11) is 1.69. The Balaban J connectivity index is 2.43. The summed E-state index contributed by atoms with van der Waals surface area (Å²) in [6, 6.07) is 4.59. The van der Waals surface area contributed by atoms with Gasteiger partial charge in [-0.3, -0.25) is 0 Å². The van der Waals surface area contributed by atoms with Gasteiger partial charge >= 0.3 is 6.03 Å². The zero-order valence-corrected chi connectivity index (χ0v) is 7.88. The van der Waals surface area contributed by atoms with E-state index in [9.17, 15) is 9.18 Å². The summed E-state index contributed by atoms with van der Waals surface area (Å²) in [4.78, 5) is 12.9. The van der Waals surface area contributed by atoms with E-state index < -0.39 is 0 Å². The number of nitrogens with one attached hydrogen (secondary N) is 1. The molecule has 2 amide bonds. The monoisotopic (exact) mass is 194 g/mol. The van der Waals surface area contributed by atoms with E-state index in [0.717, 1.165) is 5.56 Å². The molecule has 0 atom stereocenters. The highest BCUT2D eigenvalue weighted by molar-refractivity contribution is 5.90. The van der Waals surface area contributed by atoms with Gasteiger partial charge in [0.15, 0.2) is 0 Å². The number of likely N-dealkylation sites (N-methyl/N-ethyl adjacent to an activating group) is 1. The number of urea groups is 1. The molecule has 0 aromatic heterocycles. The third-order valence-corrected chi connectivity index (χ3v) is 2.40. The number of anilines is 1. The Kier molecular flexibility index (Phi) is 2.11. The van der Waals surface area contributed by atoms with Crippen molar-refractivity contribution in [2.75, 3.05) is 18.9 Å². The Morgan fingerprint density at radius 3 is 3.07 bits per heavy atom. The lowest BCUT2D eigenvalue weighted by Gasteiger charge is -2.12. The van der Waals surface area contributed by atoms with Gasteiger partial charge in [0.05, 0.1) is 5.69 Å².